The Balaban J connectivity index is 1.64. The van der Waals surface area contributed by atoms with Crippen LogP contribution in [0.4, 0.5) is 0 Å². The first kappa shape index (κ1) is 17.4. The Labute approximate surface area is 149 Å². The molecular formula is C22H25NO2. The van der Waals surface area contributed by atoms with E-state index in [1.807, 2.05) is 6.07 Å². The van der Waals surface area contributed by atoms with Crippen molar-refractivity contribution in [3.63, 3.8) is 0 Å². The summed E-state index contributed by atoms with van der Waals surface area (Å²) in [6.45, 7) is 1.52. The van der Waals surface area contributed by atoms with Crippen LogP contribution in [0.15, 0.2) is 60.7 Å². The van der Waals surface area contributed by atoms with Crippen molar-refractivity contribution in [3.05, 3.63) is 66.2 Å². The van der Waals surface area contributed by atoms with Crippen LogP contribution in [0.25, 0.3) is 17.2 Å². The first-order valence-electron chi connectivity index (χ1n) is 9.00. The van der Waals surface area contributed by atoms with Gasteiger partial charge in [0, 0.05) is 6.54 Å². The molecule has 0 aliphatic carbocycles. The molecule has 0 radical (unpaired) electrons. The molecule has 0 unspecified atom stereocenters. The van der Waals surface area contributed by atoms with Crippen molar-refractivity contribution in [2.75, 3.05) is 13.1 Å². The van der Waals surface area contributed by atoms with Gasteiger partial charge in [-0.3, -0.25) is 4.79 Å². The molecule has 0 saturated carbocycles. The van der Waals surface area contributed by atoms with Crippen molar-refractivity contribution in [1.29, 1.82) is 0 Å². The summed E-state index contributed by atoms with van der Waals surface area (Å²) < 4.78 is 0. The lowest BCUT2D eigenvalue weighted by Gasteiger charge is -2.28. The van der Waals surface area contributed by atoms with E-state index in [1.165, 1.54) is 16.7 Å². The third kappa shape index (κ3) is 4.58. The standard InChI is InChI=1S/C22H25NO2/c24-22(25)21-16-23-15-14-19(21)12-5-4-10-18-11-6-7-13-20(18)17-8-2-1-3-9-17/h1-4,6-11,13,19,21,23H,5,12,14-16H2,(H,24,25)/b10-4+/t19-,21+/m1/s1. The Morgan fingerprint density at radius 2 is 1.88 bits per heavy atom. The van der Waals surface area contributed by atoms with Gasteiger partial charge in [0.2, 0.25) is 0 Å². The van der Waals surface area contributed by atoms with E-state index in [9.17, 15) is 9.90 Å². The third-order valence-corrected chi connectivity index (χ3v) is 4.99. The fourth-order valence-corrected chi connectivity index (χ4v) is 3.59. The lowest BCUT2D eigenvalue weighted by Crippen LogP contribution is -2.40. The minimum atomic E-state index is -0.671. The van der Waals surface area contributed by atoms with Gasteiger partial charge in [-0.05, 0) is 48.4 Å². The zero-order valence-corrected chi connectivity index (χ0v) is 14.4. The molecule has 0 bridgehead atoms. The topological polar surface area (TPSA) is 49.3 Å². The second-order valence-electron chi connectivity index (χ2n) is 6.63. The van der Waals surface area contributed by atoms with Gasteiger partial charge in [0.15, 0.2) is 0 Å². The predicted octanol–water partition coefficient (Wildman–Crippen LogP) is 4.46. The Morgan fingerprint density at radius 1 is 1.12 bits per heavy atom. The van der Waals surface area contributed by atoms with Crippen molar-refractivity contribution in [2.45, 2.75) is 19.3 Å². The number of aliphatic carboxylic acids is 1. The maximum Gasteiger partial charge on any atom is 0.308 e. The third-order valence-electron chi connectivity index (χ3n) is 4.99. The molecule has 2 aromatic rings. The number of benzene rings is 2. The van der Waals surface area contributed by atoms with Gasteiger partial charge < -0.3 is 10.4 Å². The number of carboxylic acids is 1. The summed E-state index contributed by atoms with van der Waals surface area (Å²) in [5.41, 5.74) is 3.64. The number of carboxylic acid groups (broad SMARTS) is 1. The Kier molecular flexibility index (Phi) is 6.02. The van der Waals surface area contributed by atoms with Gasteiger partial charge in [0.1, 0.15) is 0 Å². The summed E-state index contributed by atoms with van der Waals surface area (Å²) in [6, 6.07) is 18.8. The second kappa shape index (κ2) is 8.63. The van der Waals surface area contributed by atoms with Crippen LogP contribution in [0.5, 0.6) is 0 Å². The molecule has 1 saturated heterocycles. The molecule has 130 valence electrons. The fourth-order valence-electron chi connectivity index (χ4n) is 3.59. The average Bonchev–Trinajstić information content (AvgIpc) is 2.66. The zero-order valence-electron chi connectivity index (χ0n) is 14.4. The molecule has 3 heteroatoms. The summed E-state index contributed by atoms with van der Waals surface area (Å²) in [5.74, 6) is -0.651. The molecule has 1 fully saturated rings. The van der Waals surface area contributed by atoms with Gasteiger partial charge in [-0.25, -0.2) is 0 Å². The van der Waals surface area contributed by atoms with E-state index in [1.54, 1.807) is 0 Å². The van der Waals surface area contributed by atoms with E-state index in [2.05, 4.69) is 66.0 Å². The molecular weight excluding hydrogens is 310 g/mol. The number of piperidine rings is 1. The maximum atomic E-state index is 11.4. The predicted molar refractivity (Wildman–Crippen MR) is 102 cm³/mol. The van der Waals surface area contributed by atoms with Gasteiger partial charge >= 0.3 is 5.97 Å². The van der Waals surface area contributed by atoms with Crippen LogP contribution in [0, 0.1) is 11.8 Å². The van der Waals surface area contributed by atoms with E-state index in [0.29, 0.717) is 6.54 Å². The van der Waals surface area contributed by atoms with Gasteiger partial charge in [-0.15, -0.1) is 0 Å². The van der Waals surface area contributed by atoms with E-state index >= 15 is 0 Å². The molecule has 1 aliphatic heterocycles. The van der Waals surface area contributed by atoms with Crippen LogP contribution in [0.3, 0.4) is 0 Å². The minimum Gasteiger partial charge on any atom is -0.481 e. The van der Waals surface area contributed by atoms with E-state index in [0.717, 1.165) is 25.8 Å². The molecule has 0 amide bonds. The van der Waals surface area contributed by atoms with Crippen LogP contribution >= 0.6 is 0 Å². The van der Waals surface area contributed by atoms with E-state index in [4.69, 9.17) is 0 Å². The summed E-state index contributed by atoms with van der Waals surface area (Å²) in [7, 11) is 0. The van der Waals surface area contributed by atoms with Gasteiger partial charge in [0.25, 0.3) is 0 Å². The molecule has 1 aliphatic rings. The van der Waals surface area contributed by atoms with Crippen LogP contribution in [0.2, 0.25) is 0 Å². The van der Waals surface area contributed by atoms with Gasteiger partial charge in [0.05, 0.1) is 5.92 Å². The van der Waals surface area contributed by atoms with Crippen LogP contribution in [-0.4, -0.2) is 24.2 Å². The van der Waals surface area contributed by atoms with Crippen molar-refractivity contribution in [2.24, 2.45) is 11.8 Å². The first-order valence-corrected chi connectivity index (χ1v) is 9.00. The van der Waals surface area contributed by atoms with Crippen molar-refractivity contribution in [3.8, 4) is 11.1 Å². The summed E-state index contributed by atoms with van der Waals surface area (Å²) in [6.07, 6.45) is 7.15. The fraction of sp³-hybridized carbons (Fsp3) is 0.318. The molecule has 2 aromatic carbocycles. The second-order valence-corrected chi connectivity index (χ2v) is 6.63. The first-order chi connectivity index (χ1) is 12.3. The van der Waals surface area contributed by atoms with Crippen molar-refractivity contribution < 1.29 is 9.90 Å². The van der Waals surface area contributed by atoms with Gasteiger partial charge in [-0.2, -0.15) is 0 Å². The average molecular weight is 335 g/mol. The molecule has 0 spiro atoms. The number of carbonyl (C=O) groups is 1. The van der Waals surface area contributed by atoms with Crippen molar-refractivity contribution >= 4 is 12.0 Å². The Bertz CT molecular complexity index is 724. The molecule has 2 N–H and O–H groups in total. The quantitative estimate of drug-likeness (QED) is 0.819. The van der Waals surface area contributed by atoms with Crippen LogP contribution in [0.1, 0.15) is 24.8 Å². The molecule has 1 heterocycles. The zero-order chi connectivity index (χ0) is 17.5. The van der Waals surface area contributed by atoms with E-state index < -0.39 is 5.97 Å². The molecule has 0 aromatic heterocycles. The highest BCUT2D eigenvalue weighted by molar-refractivity contribution is 5.75. The number of allylic oxidation sites excluding steroid dienone is 1. The smallest absolute Gasteiger partial charge is 0.308 e. The number of nitrogens with one attached hydrogen (secondary N) is 1. The maximum absolute atomic E-state index is 11.4. The molecule has 25 heavy (non-hydrogen) atoms. The molecule has 3 nitrogen and oxygen atoms in total. The van der Waals surface area contributed by atoms with Gasteiger partial charge in [-0.1, -0.05) is 66.7 Å². The summed E-state index contributed by atoms with van der Waals surface area (Å²) in [4.78, 5) is 11.4. The summed E-state index contributed by atoms with van der Waals surface area (Å²) >= 11 is 0. The van der Waals surface area contributed by atoms with Crippen LogP contribution < -0.4 is 5.32 Å². The van der Waals surface area contributed by atoms with E-state index in [-0.39, 0.29) is 11.8 Å². The summed E-state index contributed by atoms with van der Waals surface area (Å²) in [5, 5.41) is 12.5. The highest BCUT2D eigenvalue weighted by atomic mass is 16.4. The highest BCUT2D eigenvalue weighted by Gasteiger charge is 2.29. The highest BCUT2D eigenvalue weighted by Crippen LogP contribution is 2.27. The largest absolute Gasteiger partial charge is 0.481 e. The Morgan fingerprint density at radius 3 is 2.68 bits per heavy atom. The number of rotatable bonds is 6. The lowest BCUT2D eigenvalue weighted by atomic mass is 9.83. The molecule has 2 atom stereocenters. The lowest BCUT2D eigenvalue weighted by molar-refractivity contribution is -0.144. The normalized spacial score (nSPS) is 20.6. The number of hydrogen-bond acceptors (Lipinski definition) is 2. The monoisotopic (exact) mass is 335 g/mol. The number of hydrogen-bond donors (Lipinski definition) is 2. The SMILES string of the molecule is O=C(O)[C@H]1CNCC[C@H]1CC/C=C/c1ccccc1-c1ccccc1. The Hall–Kier alpha value is -2.39. The molecule has 3 rings (SSSR count). The van der Waals surface area contributed by atoms with Crippen LogP contribution in [-0.2, 0) is 4.79 Å². The van der Waals surface area contributed by atoms with Crippen molar-refractivity contribution in [1.82, 2.24) is 5.32 Å². The minimum absolute atomic E-state index is 0.251.